The molecule has 0 saturated heterocycles. The second-order valence-electron chi connectivity index (χ2n) is 5.78. The number of halogens is 1. The Balaban J connectivity index is 1.63. The maximum absolute atomic E-state index is 4.45. The van der Waals surface area contributed by atoms with Crippen molar-refractivity contribution in [2.24, 2.45) is 0 Å². The predicted molar refractivity (Wildman–Crippen MR) is 93.2 cm³/mol. The van der Waals surface area contributed by atoms with E-state index in [9.17, 15) is 0 Å². The average molecular weight is 377 g/mol. The highest BCUT2D eigenvalue weighted by Crippen LogP contribution is 2.35. The molecule has 2 aromatic rings. The SMILES string of the molecule is Brc1cccc(C2=CSc3nnc(C4CCCCC4)n3N2)c1. The van der Waals surface area contributed by atoms with Crippen LogP contribution in [0.3, 0.4) is 0 Å². The minimum atomic E-state index is 0.532. The molecule has 1 aliphatic heterocycles. The van der Waals surface area contributed by atoms with Crippen LogP contribution in [-0.2, 0) is 0 Å². The Kier molecular flexibility index (Phi) is 3.96. The van der Waals surface area contributed by atoms with Gasteiger partial charge < -0.3 is 0 Å². The lowest BCUT2D eigenvalue weighted by Crippen LogP contribution is -2.22. The Morgan fingerprint density at radius 3 is 2.86 bits per heavy atom. The van der Waals surface area contributed by atoms with E-state index in [-0.39, 0.29) is 0 Å². The summed E-state index contributed by atoms with van der Waals surface area (Å²) in [5.74, 6) is 1.62. The van der Waals surface area contributed by atoms with Crippen molar-refractivity contribution in [3.63, 3.8) is 0 Å². The Morgan fingerprint density at radius 2 is 2.05 bits per heavy atom. The van der Waals surface area contributed by atoms with Gasteiger partial charge in [-0.3, -0.25) is 5.43 Å². The molecule has 1 aliphatic carbocycles. The molecule has 0 amide bonds. The summed E-state index contributed by atoms with van der Waals surface area (Å²) in [6.45, 7) is 0. The van der Waals surface area contributed by atoms with Gasteiger partial charge in [0.25, 0.3) is 0 Å². The van der Waals surface area contributed by atoms with Gasteiger partial charge in [0, 0.05) is 21.4 Å². The van der Waals surface area contributed by atoms with Crippen molar-refractivity contribution < 1.29 is 0 Å². The molecule has 1 saturated carbocycles. The molecule has 0 radical (unpaired) electrons. The lowest BCUT2D eigenvalue weighted by molar-refractivity contribution is 0.420. The van der Waals surface area contributed by atoms with Crippen molar-refractivity contribution in [2.75, 3.05) is 5.43 Å². The van der Waals surface area contributed by atoms with Crippen molar-refractivity contribution >= 4 is 33.4 Å². The van der Waals surface area contributed by atoms with Crippen LogP contribution in [0.2, 0.25) is 0 Å². The van der Waals surface area contributed by atoms with Gasteiger partial charge in [0.05, 0.1) is 5.70 Å². The van der Waals surface area contributed by atoms with Crippen LogP contribution in [0.5, 0.6) is 0 Å². The number of nitrogens with one attached hydrogen (secondary N) is 1. The normalized spacial score (nSPS) is 18.5. The van der Waals surface area contributed by atoms with Crippen molar-refractivity contribution in [2.45, 2.75) is 43.2 Å². The summed E-state index contributed by atoms with van der Waals surface area (Å²) in [5, 5.41) is 11.8. The molecule has 2 aliphatic rings. The Labute approximate surface area is 142 Å². The van der Waals surface area contributed by atoms with E-state index in [0.29, 0.717) is 5.92 Å². The summed E-state index contributed by atoms with van der Waals surface area (Å²) in [7, 11) is 0. The number of hydrogen-bond acceptors (Lipinski definition) is 4. The zero-order valence-electron chi connectivity index (χ0n) is 12.1. The summed E-state index contributed by atoms with van der Waals surface area (Å²) in [6, 6.07) is 8.32. The van der Waals surface area contributed by atoms with Crippen molar-refractivity contribution in [1.29, 1.82) is 0 Å². The molecule has 4 rings (SSSR count). The fourth-order valence-corrected chi connectivity index (χ4v) is 4.28. The van der Waals surface area contributed by atoms with E-state index in [1.165, 1.54) is 32.1 Å². The Bertz CT molecular complexity index is 719. The van der Waals surface area contributed by atoms with E-state index in [0.717, 1.165) is 26.7 Å². The number of benzene rings is 1. The number of rotatable bonds is 2. The first kappa shape index (κ1) is 14.3. The summed E-state index contributed by atoms with van der Waals surface area (Å²) < 4.78 is 3.16. The molecular weight excluding hydrogens is 360 g/mol. The minimum absolute atomic E-state index is 0.532. The third kappa shape index (κ3) is 2.70. The molecule has 1 aromatic carbocycles. The predicted octanol–water partition coefficient (Wildman–Crippen LogP) is 4.74. The second kappa shape index (κ2) is 6.08. The van der Waals surface area contributed by atoms with Crippen LogP contribution in [0, 0.1) is 0 Å². The molecule has 2 heterocycles. The van der Waals surface area contributed by atoms with E-state index < -0.39 is 0 Å². The highest BCUT2D eigenvalue weighted by molar-refractivity contribution is 9.10. The van der Waals surface area contributed by atoms with Crippen molar-refractivity contribution in [1.82, 2.24) is 14.9 Å². The van der Waals surface area contributed by atoms with Gasteiger partial charge in [0.1, 0.15) is 0 Å². The van der Waals surface area contributed by atoms with Crippen LogP contribution in [-0.4, -0.2) is 14.9 Å². The Morgan fingerprint density at radius 1 is 1.18 bits per heavy atom. The third-order valence-corrected chi connectivity index (χ3v) is 5.60. The number of hydrogen-bond donors (Lipinski definition) is 1. The molecule has 1 fully saturated rings. The zero-order chi connectivity index (χ0) is 14.9. The molecule has 0 spiro atoms. The first-order valence-electron chi connectivity index (χ1n) is 7.66. The van der Waals surface area contributed by atoms with Gasteiger partial charge in [-0.15, -0.1) is 10.2 Å². The third-order valence-electron chi connectivity index (χ3n) is 4.28. The van der Waals surface area contributed by atoms with Gasteiger partial charge in [0.2, 0.25) is 5.16 Å². The lowest BCUT2D eigenvalue weighted by atomic mass is 9.89. The molecule has 22 heavy (non-hydrogen) atoms. The average Bonchev–Trinajstić information content (AvgIpc) is 2.99. The fraction of sp³-hybridized carbons (Fsp3) is 0.375. The van der Waals surface area contributed by atoms with Crippen LogP contribution >= 0.6 is 27.7 Å². The van der Waals surface area contributed by atoms with Crippen LogP contribution in [0.25, 0.3) is 5.70 Å². The molecule has 1 aromatic heterocycles. The van der Waals surface area contributed by atoms with E-state index in [4.69, 9.17) is 0 Å². The van der Waals surface area contributed by atoms with E-state index >= 15 is 0 Å². The molecule has 6 heteroatoms. The summed E-state index contributed by atoms with van der Waals surface area (Å²) in [6.07, 6.45) is 6.40. The van der Waals surface area contributed by atoms with Crippen LogP contribution < -0.4 is 5.43 Å². The summed E-state index contributed by atoms with van der Waals surface area (Å²) >= 11 is 5.17. The number of thioether (sulfide) groups is 1. The summed E-state index contributed by atoms with van der Waals surface area (Å²) in [4.78, 5) is 0. The lowest BCUT2D eigenvalue weighted by Gasteiger charge is -2.24. The molecule has 1 N–H and O–H groups in total. The highest BCUT2D eigenvalue weighted by atomic mass is 79.9. The number of aromatic nitrogens is 3. The molecule has 4 nitrogen and oxygen atoms in total. The fourth-order valence-electron chi connectivity index (χ4n) is 3.13. The standard InChI is InChI=1S/C16H17BrN4S/c17-13-8-4-7-12(9-13)14-10-22-16-19-18-15(21(16)20-14)11-5-2-1-3-6-11/h4,7-11,20H,1-3,5-6H2. The van der Waals surface area contributed by atoms with Crippen LogP contribution in [0.15, 0.2) is 39.3 Å². The monoisotopic (exact) mass is 376 g/mol. The Hall–Kier alpha value is -1.27. The maximum Gasteiger partial charge on any atom is 0.214 e. The van der Waals surface area contributed by atoms with Crippen LogP contribution in [0.1, 0.15) is 49.4 Å². The van der Waals surface area contributed by atoms with Crippen molar-refractivity contribution in [3.05, 3.63) is 45.5 Å². The number of nitrogens with zero attached hydrogens (tertiary/aromatic N) is 3. The largest absolute Gasteiger partial charge is 0.290 e. The zero-order valence-corrected chi connectivity index (χ0v) is 14.5. The van der Waals surface area contributed by atoms with Crippen LogP contribution in [0.4, 0.5) is 0 Å². The van der Waals surface area contributed by atoms with Crippen molar-refractivity contribution in [3.8, 4) is 0 Å². The van der Waals surface area contributed by atoms with Gasteiger partial charge in [-0.25, -0.2) is 4.68 Å². The second-order valence-corrected chi connectivity index (χ2v) is 7.53. The van der Waals surface area contributed by atoms with Gasteiger partial charge in [-0.1, -0.05) is 59.1 Å². The smallest absolute Gasteiger partial charge is 0.214 e. The molecule has 0 bridgehead atoms. The molecule has 0 atom stereocenters. The number of fused-ring (bicyclic) bond motifs is 1. The van der Waals surface area contributed by atoms with Gasteiger partial charge in [0.15, 0.2) is 5.82 Å². The quantitative estimate of drug-likeness (QED) is 0.821. The van der Waals surface area contributed by atoms with Gasteiger partial charge in [-0.05, 0) is 25.0 Å². The van der Waals surface area contributed by atoms with E-state index in [1.807, 2.05) is 6.07 Å². The minimum Gasteiger partial charge on any atom is -0.290 e. The maximum atomic E-state index is 4.45. The first-order chi connectivity index (χ1) is 10.8. The van der Waals surface area contributed by atoms with Gasteiger partial charge >= 0.3 is 0 Å². The molecular formula is C16H17BrN4S. The summed E-state index contributed by atoms with van der Waals surface area (Å²) in [5.41, 5.74) is 5.75. The van der Waals surface area contributed by atoms with Gasteiger partial charge in [-0.2, -0.15) is 0 Å². The molecule has 0 unspecified atom stereocenters. The highest BCUT2D eigenvalue weighted by Gasteiger charge is 2.25. The molecule has 114 valence electrons. The van der Waals surface area contributed by atoms with E-state index in [1.54, 1.807) is 11.8 Å². The topological polar surface area (TPSA) is 42.7 Å². The first-order valence-corrected chi connectivity index (χ1v) is 9.33. The van der Waals surface area contributed by atoms with E-state index in [2.05, 4.69) is 59.8 Å².